The largest absolute Gasteiger partial charge is 0.480 e. The maximum atomic E-state index is 11.6. The summed E-state index contributed by atoms with van der Waals surface area (Å²) in [4.78, 5) is 23.2. The van der Waals surface area contributed by atoms with Crippen LogP contribution in [0.3, 0.4) is 0 Å². The summed E-state index contributed by atoms with van der Waals surface area (Å²) >= 11 is 0. The molecule has 0 aliphatic rings. The number of hydrogen-bond acceptors (Lipinski definition) is 2. The van der Waals surface area contributed by atoms with Crippen LogP contribution in [0.5, 0.6) is 0 Å². The summed E-state index contributed by atoms with van der Waals surface area (Å²) in [5.41, 5.74) is -1.62. The van der Waals surface area contributed by atoms with Crippen molar-refractivity contribution in [3.05, 3.63) is 0 Å². The minimum atomic E-state index is -1.62. The first kappa shape index (κ1) is 23.9. The summed E-state index contributed by atoms with van der Waals surface area (Å²) in [6.45, 7) is 5.81. The average Bonchev–Trinajstić information content (AvgIpc) is 2.58. The highest BCUT2D eigenvalue weighted by Crippen LogP contribution is 2.38. The van der Waals surface area contributed by atoms with E-state index in [1.54, 1.807) is 6.92 Å². The highest BCUT2D eigenvalue weighted by atomic mass is 16.4. The van der Waals surface area contributed by atoms with Crippen molar-refractivity contribution in [2.45, 2.75) is 111 Å². The number of unbranched alkanes of at least 4 members (excludes halogenated alkanes) is 10. The monoisotopic (exact) mass is 356 g/mol. The molecule has 0 fully saturated rings. The van der Waals surface area contributed by atoms with Gasteiger partial charge >= 0.3 is 11.9 Å². The molecule has 0 aliphatic heterocycles. The van der Waals surface area contributed by atoms with E-state index < -0.39 is 17.4 Å². The molecule has 1 unspecified atom stereocenters. The maximum Gasteiger partial charge on any atom is 0.321 e. The van der Waals surface area contributed by atoms with Crippen LogP contribution in [0.4, 0.5) is 0 Å². The summed E-state index contributed by atoms with van der Waals surface area (Å²) in [6.07, 6.45) is 15.2. The lowest BCUT2D eigenvalue weighted by atomic mass is 9.70. The number of rotatable bonds is 17. The molecule has 148 valence electrons. The van der Waals surface area contributed by atoms with E-state index in [-0.39, 0.29) is 12.3 Å². The Morgan fingerprint density at radius 2 is 1.12 bits per heavy atom. The normalized spacial score (nSPS) is 12.9. The molecule has 1 atom stereocenters. The first-order valence-electron chi connectivity index (χ1n) is 10.4. The molecule has 0 aromatic heterocycles. The maximum absolute atomic E-state index is 11.6. The summed E-state index contributed by atoms with van der Waals surface area (Å²) in [5, 5.41) is 19.0. The number of hydrogen-bond donors (Lipinski definition) is 2. The van der Waals surface area contributed by atoms with Gasteiger partial charge in [-0.15, -0.1) is 0 Å². The molecule has 25 heavy (non-hydrogen) atoms. The van der Waals surface area contributed by atoms with Gasteiger partial charge in [0.05, 0.1) is 0 Å². The van der Waals surface area contributed by atoms with Crippen molar-refractivity contribution in [2.24, 2.45) is 11.3 Å². The summed E-state index contributed by atoms with van der Waals surface area (Å²) in [7, 11) is 0. The Bertz CT molecular complexity index is 351. The predicted molar refractivity (Wildman–Crippen MR) is 103 cm³/mol. The standard InChI is InChI=1S/C21H40O4/c1-4-7-8-9-10-11-12-13-14-15-16-17-18(5-2)21(6-3,19(22)23)20(24)25/h18H,4-17H2,1-3H3,(H,22,23)(H,24,25). The molecule has 4 heteroatoms. The summed E-state index contributed by atoms with van der Waals surface area (Å²) in [6, 6.07) is 0. The molecular formula is C21H40O4. The molecule has 0 amide bonds. The zero-order valence-corrected chi connectivity index (χ0v) is 16.7. The number of aliphatic carboxylic acids is 2. The van der Waals surface area contributed by atoms with Crippen LogP contribution in [0.15, 0.2) is 0 Å². The van der Waals surface area contributed by atoms with Gasteiger partial charge in [0.15, 0.2) is 5.41 Å². The fourth-order valence-electron chi connectivity index (χ4n) is 3.89. The second-order valence-electron chi connectivity index (χ2n) is 7.36. The lowest BCUT2D eigenvalue weighted by molar-refractivity contribution is -0.170. The molecule has 0 saturated heterocycles. The van der Waals surface area contributed by atoms with Gasteiger partial charge < -0.3 is 10.2 Å². The van der Waals surface area contributed by atoms with Crippen molar-refractivity contribution in [3.8, 4) is 0 Å². The van der Waals surface area contributed by atoms with Gasteiger partial charge in [0.25, 0.3) is 0 Å². The molecule has 0 rings (SSSR count). The Hall–Kier alpha value is -1.06. The van der Waals surface area contributed by atoms with Crippen LogP contribution in [0.25, 0.3) is 0 Å². The lowest BCUT2D eigenvalue weighted by Crippen LogP contribution is -2.45. The van der Waals surface area contributed by atoms with Crippen LogP contribution >= 0.6 is 0 Å². The molecule has 4 nitrogen and oxygen atoms in total. The van der Waals surface area contributed by atoms with Crippen LogP contribution in [-0.4, -0.2) is 22.2 Å². The van der Waals surface area contributed by atoms with Gasteiger partial charge in [-0.05, 0) is 18.8 Å². The molecule has 0 aromatic rings. The molecular weight excluding hydrogens is 316 g/mol. The van der Waals surface area contributed by atoms with Gasteiger partial charge in [-0.3, -0.25) is 9.59 Å². The zero-order valence-electron chi connectivity index (χ0n) is 16.7. The zero-order chi connectivity index (χ0) is 19.1. The third-order valence-electron chi connectivity index (χ3n) is 5.67. The molecule has 0 radical (unpaired) electrons. The van der Waals surface area contributed by atoms with E-state index >= 15 is 0 Å². The summed E-state index contributed by atoms with van der Waals surface area (Å²) in [5.74, 6) is -2.65. The van der Waals surface area contributed by atoms with Crippen molar-refractivity contribution < 1.29 is 19.8 Å². The van der Waals surface area contributed by atoms with E-state index in [4.69, 9.17) is 0 Å². The molecule has 0 aromatic carbocycles. The van der Waals surface area contributed by atoms with Crippen LogP contribution < -0.4 is 0 Å². The van der Waals surface area contributed by atoms with Crippen LogP contribution in [0, 0.1) is 11.3 Å². The SMILES string of the molecule is CCCCCCCCCCCCCC(CC)C(CC)(C(=O)O)C(=O)O. The van der Waals surface area contributed by atoms with Crippen LogP contribution in [-0.2, 0) is 9.59 Å². The second kappa shape index (κ2) is 14.1. The molecule has 0 saturated carbocycles. The van der Waals surface area contributed by atoms with Crippen molar-refractivity contribution in [1.29, 1.82) is 0 Å². The fraction of sp³-hybridized carbons (Fsp3) is 0.905. The van der Waals surface area contributed by atoms with Crippen LogP contribution in [0.1, 0.15) is 111 Å². The highest BCUT2D eigenvalue weighted by Gasteiger charge is 2.50. The van der Waals surface area contributed by atoms with E-state index in [0.717, 1.165) is 12.8 Å². The number of carbonyl (C=O) groups is 2. The molecule has 0 heterocycles. The number of carboxylic acids is 2. The third kappa shape index (κ3) is 8.24. The van der Waals surface area contributed by atoms with Crippen molar-refractivity contribution in [1.82, 2.24) is 0 Å². The van der Waals surface area contributed by atoms with Gasteiger partial charge in [-0.25, -0.2) is 0 Å². The lowest BCUT2D eigenvalue weighted by Gasteiger charge is -2.32. The molecule has 0 bridgehead atoms. The minimum Gasteiger partial charge on any atom is -0.480 e. The minimum absolute atomic E-state index is 0.147. The average molecular weight is 357 g/mol. The first-order chi connectivity index (χ1) is 12.0. The Morgan fingerprint density at radius 1 is 0.720 bits per heavy atom. The highest BCUT2D eigenvalue weighted by molar-refractivity contribution is 5.98. The van der Waals surface area contributed by atoms with Crippen LogP contribution in [0.2, 0.25) is 0 Å². The second-order valence-corrected chi connectivity index (χ2v) is 7.36. The predicted octanol–water partition coefficient (Wildman–Crippen LogP) is 6.28. The van der Waals surface area contributed by atoms with E-state index in [2.05, 4.69) is 6.92 Å². The van der Waals surface area contributed by atoms with Crippen molar-refractivity contribution >= 4 is 11.9 Å². The topological polar surface area (TPSA) is 74.6 Å². The fourth-order valence-corrected chi connectivity index (χ4v) is 3.89. The van der Waals surface area contributed by atoms with Gasteiger partial charge in [-0.2, -0.15) is 0 Å². The smallest absolute Gasteiger partial charge is 0.321 e. The van der Waals surface area contributed by atoms with E-state index in [9.17, 15) is 19.8 Å². The molecule has 0 spiro atoms. The first-order valence-corrected chi connectivity index (χ1v) is 10.4. The Balaban J connectivity index is 4.01. The van der Waals surface area contributed by atoms with Crippen molar-refractivity contribution in [3.63, 3.8) is 0 Å². The Kier molecular flexibility index (Phi) is 13.5. The Labute approximate surface area is 154 Å². The van der Waals surface area contributed by atoms with Gasteiger partial charge in [0.2, 0.25) is 0 Å². The summed E-state index contributed by atoms with van der Waals surface area (Å²) < 4.78 is 0. The Morgan fingerprint density at radius 3 is 1.44 bits per heavy atom. The van der Waals surface area contributed by atoms with E-state index in [1.807, 2.05) is 6.92 Å². The quantitative estimate of drug-likeness (QED) is 0.237. The van der Waals surface area contributed by atoms with E-state index in [0.29, 0.717) is 12.8 Å². The van der Waals surface area contributed by atoms with Crippen molar-refractivity contribution in [2.75, 3.05) is 0 Å². The molecule has 0 aliphatic carbocycles. The van der Waals surface area contributed by atoms with Gasteiger partial charge in [0.1, 0.15) is 0 Å². The number of carboxylic acid groups (broad SMARTS) is 2. The van der Waals surface area contributed by atoms with E-state index in [1.165, 1.54) is 57.8 Å². The third-order valence-corrected chi connectivity index (χ3v) is 5.67. The molecule has 2 N–H and O–H groups in total. The van der Waals surface area contributed by atoms with Gasteiger partial charge in [-0.1, -0.05) is 97.8 Å². The van der Waals surface area contributed by atoms with Gasteiger partial charge in [0, 0.05) is 0 Å².